The summed E-state index contributed by atoms with van der Waals surface area (Å²) in [6, 6.07) is 9.21. The summed E-state index contributed by atoms with van der Waals surface area (Å²) in [6.45, 7) is 0. The van der Waals surface area contributed by atoms with Crippen LogP contribution in [0.1, 0.15) is 10.4 Å². The zero-order valence-corrected chi connectivity index (χ0v) is 12.1. The number of aromatic carboxylic acids is 1. The number of carboxylic acids is 1. The molecule has 0 aromatic heterocycles. The third-order valence-corrected chi connectivity index (χ3v) is 3.23. The van der Waals surface area contributed by atoms with E-state index in [1.807, 2.05) is 0 Å². The van der Waals surface area contributed by atoms with Gasteiger partial charge in [-0.15, -0.1) is 0 Å². The SMILES string of the molecule is O=C(Nc1cccc(F)c1)Nc1ccc(Br)c(C(=O)O)c1. The lowest BCUT2D eigenvalue weighted by atomic mass is 10.2. The van der Waals surface area contributed by atoms with Crippen molar-refractivity contribution >= 4 is 39.3 Å². The maximum Gasteiger partial charge on any atom is 0.336 e. The molecule has 0 aliphatic heterocycles. The van der Waals surface area contributed by atoms with Crippen molar-refractivity contribution < 1.29 is 19.1 Å². The summed E-state index contributed by atoms with van der Waals surface area (Å²) in [7, 11) is 0. The summed E-state index contributed by atoms with van der Waals surface area (Å²) in [5, 5.41) is 13.9. The molecule has 0 aliphatic rings. The topological polar surface area (TPSA) is 78.4 Å². The highest BCUT2D eigenvalue weighted by Gasteiger charge is 2.10. The second-order valence-electron chi connectivity index (χ2n) is 4.09. The minimum Gasteiger partial charge on any atom is -0.478 e. The van der Waals surface area contributed by atoms with Crippen molar-refractivity contribution in [1.82, 2.24) is 0 Å². The van der Waals surface area contributed by atoms with E-state index in [9.17, 15) is 14.0 Å². The van der Waals surface area contributed by atoms with E-state index in [-0.39, 0.29) is 5.56 Å². The Morgan fingerprint density at radius 3 is 2.33 bits per heavy atom. The number of nitrogens with one attached hydrogen (secondary N) is 2. The second kappa shape index (κ2) is 6.36. The number of anilines is 2. The Balaban J connectivity index is 2.09. The lowest BCUT2D eigenvalue weighted by Crippen LogP contribution is -2.19. The molecule has 2 rings (SSSR count). The molecule has 0 saturated heterocycles. The van der Waals surface area contributed by atoms with Crippen LogP contribution in [0.15, 0.2) is 46.9 Å². The normalized spacial score (nSPS) is 10.0. The molecule has 0 heterocycles. The highest BCUT2D eigenvalue weighted by Crippen LogP contribution is 2.21. The van der Waals surface area contributed by atoms with Gasteiger partial charge in [0.1, 0.15) is 5.82 Å². The van der Waals surface area contributed by atoms with E-state index >= 15 is 0 Å². The summed E-state index contributed by atoms with van der Waals surface area (Å²) in [5.41, 5.74) is 0.631. The van der Waals surface area contributed by atoms with Gasteiger partial charge in [0.25, 0.3) is 0 Å². The first-order chi connectivity index (χ1) is 9.95. The van der Waals surface area contributed by atoms with Gasteiger partial charge < -0.3 is 15.7 Å². The van der Waals surface area contributed by atoms with E-state index in [1.165, 1.54) is 36.4 Å². The van der Waals surface area contributed by atoms with E-state index in [1.54, 1.807) is 6.07 Å². The number of rotatable bonds is 3. The summed E-state index contributed by atoms with van der Waals surface area (Å²) < 4.78 is 13.4. The smallest absolute Gasteiger partial charge is 0.336 e. The van der Waals surface area contributed by atoms with Crippen LogP contribution < -0.4 is 10.6 Å². The number of benzene rings is 2. The fourth-order valence-electron chi connectivity index (χ4n) is 1.63. The first-order valence-corrected chi connectivity index (χ1v) is 6.61. The summed E-state index contributed by atoms with van der Waals surface area (Å²) >= 11 is 3.11. The largest absolute Gasteiger partial charge is 0.478 e. The van der Waals surface area contributed by atoms with E-state index in [2.05, 4.69) is 26.6 Å². The molecular weight excluding hydrogens is 343 g/mol. The van der Waals surface area contributed by atoms with Crippen molar-refractivity contribution in [2.75, 3.05) is 10.6 Å². The van der Waals surface area contributed by atoms with E-state index in [4.69, 9.17) is 5.11 Å². The molecule has 0 radical (unpaired) electrons. The highest BCUT2D eigenvalue weighted by molar-refractivity contribution is 9.10. The average molecular weight is 353 g/mol. The Labute approximate surface area is 127 Å². The molecule has 2 aromatic rings. The van der Waals surface area contributed by atoms with Crippen LogP contribution in [0.25, 0.3) is 0 Å². The molecule has 108 valence electrons. The van der Waals surface area contributed by atoms with Crippen LogP contribution in [0, 0.1) is 5.82 Å². The number of carbonyl (C=O) groups excluding carboxylic acids is 1. The monoisotopic (exact) mass is 352 g/mol. The molecule has 0 saturated carbocycles. The predicted octanol–water partition coefficient (Wildman–Crippen LogP) is 3.93. The Morgan fingerprint density at radius 1 is 1.05 bits per heavy atom. The number of urea groups is 1. The average Bonchev–Trinajstić information content (AvgIpc) is 2.40. The van der Waals surface area contributed by atoms with Crippen LogP contribution >= 0.6 is 15.9 Å². The molecular formula is C14H10BrFN2O3. The maximum atomic E-state index is 13.0. The molecule has 7 heteroatoms. The molecule has 5 nitrogen and oxygen atoms in total. The Hall–Kier alpha value is -2.41. The van der Waals surface area contributed by atoms with Gasteiger partial charge in [-0.05, 0) is 52.3 Å². The predicted molar refractivity (Wildman–Crippen MR) is 80.1 cm³/mol. The van der Waals surface area contributed by atoms with Gasteiger partial charge in [-0.1, -0.05) is 6.07 Å². The summed E-state index contributed by atoms with van der Waals surface area (Å²) in [5.74, 6) is -1.58. The molecule has 0 unspecified atom stereocenters. The zero-order chi connectivity index (χ0) is 15.4. The number of carbonyl (C=O) groups is 2. The third-order valence-electron chi connectivity index (χ3n) is 2.54. The van der Waals surface area contributed by atoms with E-state index in [0.29, 0.717) is 15.8 Å². The maximum absolute atomic E-state index is 13.0. The number of halogens is 2. The van der Waals surface area contributed by atoms with Crippen LogP contribution in [-0.4, -0.2) is 17.1 Å². The van der Waals surface area contributed by atoms with Gasteiger partial charge in [0.2, 0.25) is 0 Å². The standard InChI is InChI=1S/C14H10BrFN2O3/c15-12-5-4-10(7-11(12)13(19)20)18-14(21)17-9-3-1-2-8(16)6-9/h1-7H,(H,19,20)(H2,17,18,21). The molecule has 0 bridgehead atoms. The van der Waals surface area contributed by atoms with Gasteiger partial charge in [-0.2, -0.15) is 0 Å². The van der Waals surface area contributed by atoms with Gasteiger partial charge in [0.15, 0.2) is 0 Å². The molecule has 0 atom stereocenters. The van der Waals surface area contributed by atoms with Crippen molar-refractivity contribution in [3.63, 3.8) is 0 Å². The fourth-order valence-corrected chi connectivity index (χ4v) is 2.04. The van der Waals surface area contributed by atoms with Gasteiger partial charge in [0, 0.05) is 15.8 Å². The summed E-state index contributed by atoms with van der Waals surface area (Å²) in [6.07, 6.45) is 0. The van der Waals surface area contributed by atoms with Crippen molar-refractivity contribution in [2.24, 2.45) is 0 Å². The Bertz CT molecular complexity index is 706. The van der Waals surface area contributed by atoms with Crippen molar-refractivity contribution in [2.45, 2.75) is 0 Å². The van der Waals surface area contributed by atoms with Gasteiger partial charge >= 0.3 is 12.0 Å². The van der Waals surface area contributed by atoms with E-state index < -0.39 is 17.8 Å². The summed E-state index contributed by atoms with van der Waals surface area (Å²) in [4.78, 5) is 22.7. The van der Waals surface area contributed by atoms with Crippen molar-refractivity contribution in [3.05, 3.63) is 58.3 Å². The van der Waals surface area contributed by atoms with Crippen molar-refractivity contribution in [3.8, 4) is 0 Å². The molecule has 2 aromatic carbocycles. The molecule has 2 amide bonds. The van der Waals surface area contributed by atoms with Gasteiger partial charge in [-0.3, -0.25) is 0 Å². The number of amides is 2. The Morgan fingerprint density at radius 2 is 1.71 bits per heavy atom. The molecule has 0 aliphatic carbocycles. The highest BCUT2D eigenvalue weighted by atomic mass is 79.9. The van der Waals surface area contributed by atoms with Crippen LogP contribution in [0.2, 0.25) is 0 Å². The number of carboxylic acid groups (broad SMARTS) is 1. The lowest BCUT2D eigenvalue weighted by molar-refractivity contribution is 0.0696. The molecule has 0 fully saturated rings. The number of hydrogen-bond acceptors (Lipinski definition) is 2. The first kappa shape index (κ1) is 15.0. The lowest BCUT2D eigenvalue weighted by Gasteiger charge is -2.09. The van der Waals surface area contributed by atoms with Crippen LogP contribution in [0.4, 0.5) is 20.6 Å². The van der Waals surface area contributed by atoms with Gasteiger partial charge in [0.05, 0.1) is 5.56 Å². The molecule has 0 spiro atoms. The quantitative estimate of drug-likeness (QED) is 0.782. The molecule has 21 heavy (non-hydrogen) atoms. The zero-order valence-electron chi connectivity index (χ0n) is 10.6. The minimum absolute atomic E-state index is 0.0264. The minimum atomic E-state index is -1.11. The second-order valence-corrected chi connectivity index (χ2v) is 4.94. The molecule has 3 N–H and O–H groups in total. The van der Waals surface area contributed by atoms with Crippen LogP contribution in [0.5, 0.6) is 0 Å². The van der Waals surface area contributed by atoms with Crippen LogP contribution in [-0.2, 0) is 0 Å². The first-order valence-electron chi connectivity index (χ1n) is 5.82. The Kier molecular flexibility index (Phi) is 4.54. The van der Waals surface area contributed by atoms with E-state index in [0.717, 1.165) is 0 Å². The fraction of sp³-hybridized carbons (Fsp3) is 0. The van der Waals surface area contributed by atoms with Crippen LogP contribution in [0.3, 0.4) is 0 Å². The van der Waals surface area contributed by atoms with Gasteiger partial charge in [-0.25, -0.2) is 14.0 Å². The van der Waals surface area contributed by atoms with Crippen molar-refractivity contribution in [1.29, 1.82) is 0 Å². The third kappa shape index (κ3) is 4.03. The number of hydrogen-bond donors (Lipinski definition) is 3.